The Morgan fingerprint density at radius 3 is 2.30 bits per heavy atom. The van der Waals surface area contributed by atoms with Gasteiger partial charge in [-0.2, -0.15) is 0 Å². The number of methoxy groups -OCH3 is 1. The highest BCUT2D eigenvalue weighted by Crippen LogP contribution is 2.23. The van der Waals surface area contributed by atoms with Crippen LogP contribution in [0, 0.1) is 0 Å². The Kier molecular flexibility index (Phi) is 8.08. The number of nitrogens with zero attached hydrogens (tertiary/aromatic N) is 2. The van der Waals surface area contributed by atoms with Gasteiger partial charge in [0, 0.05) is 43.1 Å². The summed E-state index contributed by atoms with van der Waals surface area (Å²) < 4.78 is 5.21. The molecule has 0 saturated carbocycles. The SMILES string of the molecule is CCC(C)(C)NC(=O)c1ccc(NCC(=O)N2CCN(c3ccc(OC)cc3)CC2)cc1Cl. The molecular formula is C25H33ClN4O3. The number of benzene rings is 2. The summed E-state index contributed by atoms with van der Waals surface area (Å²) in [6.45, 7) is 9.02. The maximum absolute atomic E-state index is 12.7. The number of ether oxygens (including phenoxy) is 1. The summed E-state index contributed by atoms with van der Waals surface area (Å²) in [5.41, 5.74) is 1.95. The van der Waals surface area contributed by atoms with Crippen molar-refractivity contribution in [2.75, 3.05) is 50.1 Å². The molecule has 2 aromatic rings. The summed E-state index contributed by atoms with van der Waals surface area (Å²) in [6.07, 6.45) is 0.812. The van der Waals surface area contributed by atoms with Gasteiger partial charge < -0.3 is 25.2 Å². The van der Waals surface area contributed by atoms with E-state index in [0.29, 0.717) is 29.4 Å². The van der Waals surface area contributed by atoms with Crippen LogP contribution in [0.25, 0.3) is 0 Å². The lowest BCUT2D eigenvalue weighted by Gasteiger charge is -2.36. The predicted molar refractivity (Wildman–Crippen MR) is 134 cm³/mol. The molecule has 0 unspecified atom stereocenters. The zero-order chi connectivity index (χ0) is 24.0. The van der Waals surface area contributed by atoms with Crippen molar-refractivity contribution < 1.29 is 14.3 Å². The standard InChI is InChI=1S/C25H33ClN4O3/c1-5-25(2,3)28-24(32)21-11-6-18(16-22(21)26)27-17-23(31)30-14-12-29(13-15-30)19-7-9-20(33-4)10-8-19/h6-11,16,27H,5,12-15,17H2,1-4H3,(H,28,32). The first-order chi connectivity index (χ1) is 15.7. The van der Waals surface area contributed by atoms with Gasteiger partial charge in [-0.25, -0.2) is 0 Å². The van der Waals surface area contributed by atoms with E-state index in [9.17, 15) is 9.59 Å². The van der Waals surface area contributed by atoms with Gasteiger partial charge in [0.15, 0.2) is 0 Å². The molecule has 7 nitrogen and oxygen atoms in total. The molecule has 33 heavy (non-hydrogen) atoms. The van der Waals surface area contributed by atoms with E-state index in [4.69, 9.17) is 16.3 Å². The van der Waals surface area contributed by atoms with Crippen LogP contribution in [0.4, 0.5) is 11.4 Å². The first-order valence-electron chi connectivity index (χ1n) is 11.2. The topological polar surface area (TPSA) is 73.9 Å². The van der Waals surface area contributed by atoms with Crippen molar-refractivity contribution in [2.24, 2.45) is 0 Å². The maximum Gasteiger partial charge on any atom is 0.253 e. The molecule has 178 valence electrons. The molecule has 0 aromatic heterocycles. The summed E-state index contributed by atoms with van der Waals surface area (Å²) in [7, 11) is 1.65. The Morgan fingerprint density at radius 2 is 1.73 bits per heavy atom. The quantitative estimate of drug-likeness (QED) is 0.606. The van der Waals surface area contributed by atoms with E-state index in [1.165, 1.54) is 0 Å². The molecule has 2 aromatic carbocycles. The number of carbonyl (C=O) groups is 2. The van der Waals surface area contributed by atoms with Crippen molar-refractivity contribution in [1.29, 1.82) is 0 Å². The van der Waals surface area contributed by atoms with E-state index >= 15 is 0 Å². The third-order valence-electron chi connectivity index (χ3n) is 6.06. The lowest BCUT2D eigenvalue weighted by molar-refractivity contribution is -0.129. The first kappa shape index (κ1) is 24.7. The van der Waals surface area contributed by atoms with Gasteiger partial charge in [0.05, 0.1) is 24.2 Å². The van der Waals surface area contributed by atoms with Crippen LogP contribution in [-0.4, -0.2) is 62.1 Å². The fourth-order valence-electron chi connectivity index (χ4n) is 3.57. The summed E-state index contributed by atoms with van der Waals surface area (Å²) in [5, 5.41) is 6.46. The minimum atomic E-state index is -0.304. The number of rotatable bonds is 8. The van der Waals surface area contributed by atoms with Gasteiger partial charge >= 0.3 is 0 Å². The Balaban J connectivity index is 1.49. The lowest BCUT2D eigenvalue weighted by atomic mass is 10.0. The minimum absolute atomic E-state index is 0.0343. The fraction of sp³-hybridized carbons (Fsp3) is 0.440. The second-order valence-corrected chi connectivity index (χ2v) is 9.21. The van der Waals surface area contributed by atoms with Crippen molar-refractivity contribution >= 4 is 34.8 Å². The van der Waals surface area contributed by atoms with Crippen molar-refractivity contribution in [3.8, 4) is 5.75 Å². The summed E-state index contributed by atoms with van der Waals surface area (Å²) in [5.74, 6) is 0.661. The monoisotopic (exact) mass is 472 g/mol. The highest BCUT2D eigenvalue weighted by molar-refractivity contribution is 6.34. The zero-order valence-corrected chi connectivity index (χ0v) is 20.5. The molecule has 2 N–H and O–H groups in total. The van der Waals surface area contributed by atoms with E-state index in [1.54, 1.807) is 25.3 Å². The van der Waals surface area contributed by atoms with Crippen molar-refractivity contribution in [1.82, 2.24) is 10.2 Å². The third kappa shape index (κ3) is 6.54. The highest BCUT2D eigenvalue weighted by Gasteiger charge is 2.22. The van der Waals surface area contributed by atoms with Gasteiger partial charge in [0.25, 0.3) is 5.91 Å². The average Bonchev–Trinajstić information content (AvgIpc) is 2.82. The number of piperazine rings is 1. The molecule has 2 amide bonds. The smallest absolute Gasteiger partial charge is 0.253 e. The second-order valence-electron chi connectivity index (χ2n) is 8.81. The summed E-state index contributed by atoms with van der Waals surface area (Å²) in [6, 6.07) is 13.1. The van der Waals surface area contributed by atoms with Gasteiger partial charge in [0.1, 0.15) is 5.75 Å². The molecule has 0 atom stereocenters. The van der Waals surface area contributed by atoms with Crippen LogP contribution in [0.5, 0.6) is 5.75 Å². The van der Waals surface area contributed by atoms with Crippen molar-refractivity contribution in [3.05, 3.63) is 53.1 Å². The Hall–Kier alpha value is -2.93. The van der Waals surface area contributed by atoms with Crippen LogP contribution in [0.15, 0.2) is 42.5 Å². The van der Waals surface area contributed by atoms with Crippen molar-refractivity contribution in [2.45, 2.75) is 32.7 Å². The molecule has 1 aliphatic rings. The van der Waals surface area contributed by atoms with Crippen LogP contribution >= 0.6 is 11.6 Å². The van der Waals surface area contributed by atoms with Gasteiger partial charge in [0.2, 0.25) is 5.91 Å². The maximum atomic E-state index is 12.7. The van der Waals surface area contributed by atoms with Crippen LogP contribution in [0.3, 0.4) is 0 Å². The zero-order valence-electron chi connectivity index (χ0n) is 19.8. The minimum Gasteiger partial charge on any atom is -0.497 e. The summed E-state index contributed by atoms with van der Waals surface area (Å²) in [4.78, 5) is 29.3. The van der Waals surface area contributed by atoms with Gasteiger partial charge in [-0.05, 0) is 62.7 Å². The van der Waals surface area contributed by atoms with E-state index < -0.39 is 0 Å². The second kappa shape index (κ2) is 10.8. The molecule has 8 heteroatoms. The molecule has 1 aliphatic heterocycles. The fourth-order valence-corrected chi connectivity index (χ4v) is 3.84. The molecular weight excluding hydrogens is 440 g/mol. The van der Waals surface area contributed by atoms with Crippen molar-refractivity contribution in [3.63, 3.8) is 0 Å². The molecule has 0 spiro atoms. The Labute approximate surface area is 201 Å². The van der Waals surface area contributed by atoms with Gasteiger partial charge in [-0.15, -0.1) is 0 Å². The predicted octanol–water partition coefficient (Wildman–Crippen LogP) is 4.03. The van der Waals surface area contributed by atoms with E-state index in [0.717, 1.165) is 30.9 Å². The van der Waals surface area contributed by atoms with E-state index in [1.807, 2.05) is 49.9 Å². The van der Waals surface area contributed by atoms with Crippen LogP contribution in [0.1, 0.15) is 37.6 Å². The molecule has 1 fully saturated rings. The molecule has 1 saturated heterocycles. The van der Waals surface area contributed by atoms with Crippen LogP contribution < -0.4 is 20.3 Å². The van der Waals surface area contributed by atoms with Gasteiger partial charge in [-0.1, -0.05) is 18.5 Å². The van der Waals surface area contributed by atoms with Crippen LogP contribution in [0.2, 0.25) is 5.02 Å². The van der Waals surface area contributed by atoms with Crippen LogP contribution in [-0.2, 0) is 4.79 Å². The van der Waals surface area contributed by atoms with E-state index in [-0.39, 0.29) is 23.9 Å². The molecule has 0 aliphatic carbocycles. The molecule has 0 bridgehead atoms. The Morgan fingerprint density at radius 1 is 1.06 bits per heavy atom. The number of hydrogen-bond donors (Lipinski definition) is 2. The molecule has 0 radical (unpaired) electrons. The number of nitrogens with one attached hydrogen (secondary N) is 2. The third-order valence-corrected chi connectivity index (χ3v) is 6.38. The number of halogens is 1. The largest absolute Gasteiger partial charge is 0.497 e. The number of hydrogen-bond acceptors (Lipinski definition) is 5. The number of carbonyl (C=O) groups excluding carboxylic acids is 2. The first-order valence-corrected chi connectivity index (χ1v) is 11.6. The van der Waals surface area contributed by atoms with Gasteiger partial charge in [-0.3, -0.25) is 9.59 Å². The highest BCUT2D eigenvalue weighted by atomic mass is 35.5. The molecule has 3 rings (SSSR count). The Bertz CT molecular complexity index is 970. The normalized spacial score (nSPS) is 14.1. The lowest BCUT2D eigenvalue weighted by Crippen LogP contribution is -2.50. The number of anilines is 2. The van der Waals surface area contributed by atoms with E-state index in [2.05, 4.69) is 15.5 Å². The average molecular weight is 473 g/mol. The number of amides is 2. The summed E-state index contributed by atoms with van der Waals surface area (Å²) >= 11 is 6.34. The molecule has 1 heterocycles.